The van der Waals surface area contributed by atoms with Crippen LogP contribution in [0.1, 0.15) is 69.9 Å². The fraction of sp³-hybridized carbons (Fsp3) is 0.594. The highest BCUT2D eigenvalue weighted by atomic mass is 35.5. The molecule has 2 aromatic carbocycles. The van der Waals surface area contributed by atoms with Crippen LogP contribution in [-0.4, -0.2) is 55.1 Å². The Kier molecular flexibility index (Phi) is 8.83. The summed E-state index contributed by atoms with van der Waals surface area (Å²) in [6, 6.07) is 16.3. The summed E-state index contributed by atoms with van der Waals surface area (Å²) in [4.78, 5) is 18.5. The zero-order valence-corrected chi connectivity index (χ0v) is 25.2. The van der Waals surface area contributed by atoms with Crippen LogP contribution in [0.3, 0.4) is 0 Å². The van der Waals surface area contributed by atoms with Crippen LogP contribution >= 0.6 is 23.2 Å². The number of carbonyl (C=O) groups is 1. The van der Waals surface area contributed by atoms with E-state index in [0.29, 0.717) is 16.1 Å². The summed E-state index contributed by atoms with van der Waals surface area (Å²) >= 11 is 12.5. The van der Waals surface area contributed by atoms with E-state index < -0.39 is 11.1 Å². The van der Waals surface area contributed by atoms with Crippen molar-refractivity contribution in [2.75, 3.05) is 33.2 Å². The molecule has 2 amide bonds. The Hall–Kier alpha value is -1.79. The average Bonchev–Trinajstić information content (AvgIpc) is 3.66. The van der Waals surface area contributed by atoms with Crippen molar-refractivity contribution in [2.24, 2.45) is 11.8 Å². The van der Waals surface area contributed by atoms with E-state index in [9.17, 15) is 4.79 Å². The number of piperazine rings is 1. The van der Waals surface area contributed by atoms with Crippen molar-refractivity contribution in [3.8, 4) is 0 Å². The molecule has 3 aliphatic rings. The number of amides is 2. The molecule has 212 valence electrons. The smallest absolute Gasteiger partial charge is 0.318 e. The summed E-state index contributed by atoms with van der Waals surface area (Å²) < 4.78 is 0. The van der Waals surface area contributed by atoms with Gasteiger partial charge in [-0.2, -0.15) is 0 Å². The maximum absolute atomic E-state index is 13.9. The van der Waals surface area contributed by atoms with Gasteiger partial charge in [0.1, 0.15) is 0 Å². The van der Waals surface area contributed by atoms with Crippen LogP contribution in [-0.2, 0) is 11.1 Å². The molecule has 0 spiro atoms. The quantitative estimate of drug-likeness (QED) is 0.375. The fourth-order valence-electron chi connectivity index (χ4n) is 7.50. The first-order valence-corrected chi connectivity index (χ1v) is 15.5. The van der Waals surface area contributed by atoms with Gasteiger partial charge in [0.25, 0.3) is 0 Å². The number of likely N-dealkylation sites (N-methyl/N-ethyl adjacent to an activating group) is 1. The number of halogens is 2. The Balaban J connectivity index is 1.30. The number of nitrogens with one attached hydrogen (secondary N) is 2. The van der Waals surface area contributed by atoms with Crippen molar-refractivity contribution in [1.29, 1.82) is 0 Å². The number of rotatable bonds is 7. The number of benzene rings is 2. The predicted molar refractivity (Wildman–Crippen MR) is 161 cm³/mol. The molecule has 0 bridgehead atoms. The Morgan fingerprint density at radius 1 is 0.769 bits per heavy atom. The lowest BCUT2D eigenvalue weighted by atomic mass is 9.70. The molecular weight excluding hydrogens is 527 g/mol. The lowest BCUT2D eigenvalue weighted by molar-refractivity contribution is 0.0939. The topological polar surface area (TPSA) is 47.6 Å². The lowest BCUT2D eigenvalue weighted by Crippen LogP contribution is -2.65. The second kappa shape index (κ2) is 12.0. The van der Waals surface area contributed by atoms with E-state index in [2.05, 4.69) is 29.4 Å². The van der Waals surface area contributed by atoms with E-state index in [1.165, 1.54) is 44.9 Å². The third-order valence-corrected chi connectivity index (χ3v) is 10.8. The predicted octanol–water partition coefficient (Wildman–Crippen LogP) is 7.03. The van der Waals surface area contributed by atoms with Gasteiger partial charge in [-0.1, -0.05) is 73.2 Å². The molecule has 1 aliphatic heterocycles. The molecule has 1 heterocycles. The summed E-state index contributed by atoms with van der Waals surface area (Å²) in [5, 5.41) is 8.35. The SMILES string of the molecule is CN[C@@](C)(c1ccc(Cl)cc1)[C@](C)(NC(=O)N1CCN(C2CCC(C3CCCC3)C2)CC1)c1ccc(Cl)cc1. The fourth-order valence-corrected chi connectivity index (χ4v) is 7.75. The number of nitrogens with zero attached hydrogens (tertiary/aromatic N) is 2. The Morgan fingerprint density at radius 3 is 1.85 bits per heavy atom. The summed E-state index contributed by atoms with van der Waals surface area (Å²) in [5.41, 5.74) is 0.626. The lowest BCUT2D eigenvalue weighted by Gasteiger charge is -2.49. The highest BCUT2D eigenvalue weighted by Gasteiger charge is 2.48. The van der Waals surface area contributed by atoms with Gasteiger partial charge in [-0.3, -0.25) is 4.90 Å². The zero-order chi connectivity index (χ0) is 27.6. The van der Waals surface area contributed by atoms with Crippen LogP contribution in [0.25, 0.3) is 0 Å². The van der Waals surface area contributed by atoms with Gasteiger partial charge in [0.05, 0.1) is 11.1 Å². The van der Waals surface area contributed by atoms with Gasteiger partial charge in [-0.25, -0.2) is 4.79 Å². The van der Waals surface area contributed by atoms with Crippen molar-refractivity contribution >= 4 is 29.2 Å². The van der Waals surface area contributed by atoms with Gasteiger partial charge in [0, 0.05) is 42.3 Å². The van der Waals surface area contributed by atoms with Crippen LogP contribution in [0, 0.1) is 11.8 Å². The van der Waals surface area contributed by atoms with Crippen LogP contribution < -0.4 is 10.6 Å². The molecule has 39 heavy (non-hydrogen) atoms. The molecule has 5 nitrogen and oxygen atoms in total. The molecule has 4 atom stereocenters. The van der Waals surface area contributed by atoms with Gasteiger partial charge < -0.3 is 15.5 Å². The molecule has 5 rings (SSSR count). The summed E-state index contributed by atoms with van der Waals surface area (Å²) in [6.45, 7) is 7.64. The Bertz CT molecular complexity index is 1110. The van der Waals surface area contributed by atoms with Gasteiger partial charge in [0.15, 0.2) is 0 Å². The molecule has 2 aromatic rings. The highest BCUT2D eigenvalue weighted by molar-refractivity contribution is 6.30. The average molecular weight is 572 g/mol. The first-order chi connectivity index (χ1) is 18.7. The molecule has 1 saturated heterocycles. The van der Waals surface area contributed by atoms with E-state index in [0.717, 1.165) is 49.1 Å². The minimum Gasteiger partial charge on any atom is -0.327 e. The maximum Gasteiger partial charge on any atom is 0.318 e. The number of hydrogen-bond donors (Lipinski definition) is 2. The Labute approximate surface area is 244 Å². The van der Waals surface area contributed by atoms with E-state index in [4.69, 9.17) is 23.2 Å². The van der Waals surface area contributed by atoms with Crippen molar-refractivity contribution in [3.63, 3.8) is 0 Å². The maximum atomic E-state index is 13.9. The van der Waals surface area contributed by atoms with Gasteiger partial charge in [-0.05, 0) is 87.4 Å². The molecule has 3 fully saturated rings. The second-order valence-electron chi connectivity index (χ2n) is 12.2. The first kappa shape index (κ1) is 28.7. The van der Waals surface area contributed by atoms with Crippen molar-refractivity contribution in [2.45, 2.75) is 75.9 Å². The van der Waals surface area contributed by atoms with Gasteiger partial charge >= 0.3 is 6.03 Å². The van der Waals surface area contributed by atoms with Crippen LogP contribution in [0.2, 0.25) is 10.0 Å². The molecule has 2 N–H and O–H groups in total. The zero-order valence-electron chi connectivity index (χ0n) is 23.7. The highest BCUT2D eigenvalue weighted by Crippen LogP contribution is 2.43. The molecule has 0 aromatic heterocycles. The van der Waals surface area contributed by atoms with Gasteiger partial charge in [0.2, 0.25) is 0 Å². The molecule has 2 saturated carbocycles. The van der Waals surface area contributed by atoms with Gasteiger partial charge in [-0.15, -0.1) is 0 Å². The van der Waals surface area contributed by atoms with E-state index in [1.54, 1.807) is 0 Å². The van der Waals surface area contributed by atoms with E-state index in [-0.39, 0.29) is 6.03 Å². The van der Waals surface area contributed by atoms with Crippen LogP contribution in [0.4, 0.5) is 4.79 Å². The molecule has 7 heteroatoms. The van der Waals surface area contributed by atoms with Crippen molar-refractivity contribution in [3.05, 3.63) is 69.7 Å². The number of hydrogen-bond acceptors (Lipinski definition) is 3. The summed E-state index contributed by atoms with van der Waals surface area (Å²) in [5.74, 6) is 1.89. The third-order valence-electron chi connectivity index (χ3n) is 10.3. The molecular formula is C32H44Cl2N4O. The summed E-state index contributed by atoms with van der Waals surface area (Å²) in [7, 11) is 1.94. The molecule has 2 aliphatic carbocycles. The van der Waals surface area contributed by atoms with Crippen molar-refractivity contribution < 1.29 is 4.79 Å². The minimum atomic E-state index is -0.770. The minimum absolute atomic E-state index is 0.0298. The van der Waals surface area contributed by atoms with E-state index in [1.807, 2.05) is 60.5 Å². The van der Waals surface area contributed by atoms with Crippen LogP contribution in [0.5, 0.6) is 0 Å². The number of carbonyl (C=O) groups excluding carboxylic acids is 1. The summed E-state index contributed by atoms with van der Waals surface area (Å²) in [6.07, 6.45) is 9.82. The largest absolute Gasteiger partial charge is 0.327 e. The third kappa shape index (κ3) is 5.84. The molecule has 0 radical (unpaired) electrons. The van der Waals surface area contributed by atoms with Crippen LogP contribution in [0.15, 0.2) is 48.5 Å². The van der Waals surface area contributed by atoms with E-state index >= 15 is 0 Å². The first-order valence-electron chi connectivity index (χ1n) is 14.8. The van der Waals surface area contributed by atoms with Crippen molar-refractivity contribution in [1.82, 2.24) is 20.4 Å². The number of urea groups is 1. The molecule has 2 unspecified atom stereocenters. The second-order valence-corrected chi connectivity index (χ2v) is 13.1. The standard InChI is InChI=1S/C32H44Cl2N4O/c1-31(35-3,25-9-13-27(33)14-10-25)32(2,26-11-15-28(34)16-12-26)36-30(39)38-20-18-37(19-21-38)29-17-8-24(22-29)23-6-4-5-7-23/h9-16,23-24,29,35H,4-8,17-22H2,1-3H3,(H,36,39)/t24?,29?,31-,32+/m0/s1. The monoisotopic (exact) mass is 570 g/mol. The Morgan fingerprint density at radius 2 is 1.31 bits per heavy atom. The normalized spacial score (nSPS) is 25.8.